The molecule has 0 aliphatic carbocycles. The fourth-order valence-electron chi connectivity index (χ4n) is 3.42. The van der Waals surface area contributed by atoms with Gasteiger partial charge in [0.25, 0.3) is 5.91 Å². The van der Waals surface area contributed by atoms with Gasteiger partial charge in [-0.05, 0) is 44.9 Å². The number of carbonyl (C=O) groups is 1. The molecule has 0 unspecified atom stereocenters. The molecule has 0 saturated carbocycles. The molecule has 1 aromatic heterocycles. The lowest BCUT2D eigenvalue weighted by atomic mass is 10.0. The highest BCUT2D eigenvalue weighted by Crippen LogP contribution is 2.39. The number of methoxy groups -OCH3 is 2. The van der Waals surface area contributed by atoms with E-state index in [0.717, 1.165) is 42.2 Å². The van der Waals surface area contributed by atoms with Crippen LogP contribution in [-0.2, 0) is 0 Å². The van der Waals surface area contributed by atoms with Gasteiger partial charge in [0.2, 0.25) is 0 Å². The van der Waals surface area contributed by atoms with Crippen LogP contribution in [-0.4, -0.2) is 31.6 Å². The average molecular weight is 329 g/mol. The van der Waals surface area contributed by atoms with Crippen LogP contribution in [0.3, 0.4) is 0 Å². The van der Waals surface area contributed by atoms with E-state index >= 15 is 0 Å². The molecule has 3 rings (SSSR count). The maximum absolute atomic E-state index is 13.0. The van der Waals surface area contributed by atoms with Crippen LogP contribution in [0.4, 0.5) is 0 Å². The highest BCUT2D eigenvalue weighted by atomic mass is 16.5. The van der Waals surface area contributed by atoms with Crippen molar-refractivity contribution in [3.8, 4) is 11.5 Å². The van der Waals surface area contributed by atoms with E-state index in [1.807, 2.05) is 43.0 Å². The van der Waals surface area contributed by atoms with E-state index in [-0.39, 0.29) is 11.9 Å². The summed E-state index contributed by atoms with van der Waals surface area (Å²) in [7, 11) is 3.27. The Labute approximate surface area is 142 Å². The van der Waals surface area contributed by atoms with E-state index in [4.69, 9.17) is 13.9 Å². The minimum atomic E-state index is 0.00737. The van der Waals surface area contributed by atoms with Gasteiger partial charge in [-0.2, -0.15) is 0 Å². The smallest absolute Gasteiger partial charge is 0.257 e. The molecule has 5 nitrogen and oxygen atoms in total. The van der Waals surface area contributed by atoms with Crippen molar-refractivity contribution in [2.45, 2.75) is 32.7 Å². The third-order valence-electron chi connectivity index (χ3n) is 4.58. The fraction of sp³-hybridized carbons (Fsp3) is 0.421. The number of nitrogens with zero attached hydrogens (tertiary/aromatic N) is 1. The molecule has 0 N–H and O–H groups in total. The summed E-state index contributed by atoms with van der Waals surface area (Å²) < 4.78 is 16.3. The van der Waals surface area contributed by atoms with E-state index in [2.05, 4.69) is 0 Å². The standard InChI is InChI=1S/C19H23NO4/c1-12-10-16(13(2)24-12)19(21)20-9-5-6-17(20)15-8-7-14(22-3)11-18(15)23-4/h7-8,10-11,17H,5-6,9H2,1-4H3/t17-/m1/s1. The van der Waals surface area contributed by atoms with Crippen LogP contribution in [0.2, 0.25) is 0 Å². The lowest BCUT2D eigenvalue weighted by molar-refractivity contribution is 0.0732. The maximum atomic E-state index is 13.0. The Balaban J connectivity index is 1.93. The summed E-state index contributed by atoms with van der Waals surface area (Å²) in [4.78, 5) is 14.9. The Kier molecular flexibility index (Phi) is 4.51. The van der Waals surface area contributed by atoms with E-state index in [9.17, 15) is 4.79 Å². The Morgan fingerprint density at radius 3 is 2.62 bits per heavy atom. The van der Waals surface area contributed by atoms with Crippen molar-refractivity contribution in [3.63, 3.8) is 0 Å². The second-order valence-corrected chi connectivity index (χ2v) is 6.09. The molecule has 1 aliphatic heterocycles. The van der Waals surface area contributed by atoms with Crippen LogP contribution in [0.25, 0.3) is 0 Å². The Morgan fingerprint density at radius 1 is 1.21 bits per heavy atom. The highest BCUT2D eigenvalue weighted by molar-refractivity contribution is 5.95. The number of amides is 1. The van der Waals surface area contributed by atoms with Crippen LogP contribution < -0.4 is 9.47 Å². The van der Waals surface area contributed by atoms with Gasteiger partial charge in [0.15, 0.2) is 0 Å². The minimum Gasteiger partial charge on any atom is -0.497 e. The first kappa shape index (κ1) is 16.4. The molecule has 0 bridgehead atoms. The molecular formula is C19H23NO4. The highest BCUT2D eigenvalue weighted by Gasteiger charge is 2.33. The summed E-state index contributed by atoms with van der Waals surface area (Å²) >= 11 is 0. The molecular weight excluding hydrogens is 306 g/mol. The van der Waals surface area contributed by atoms with Gasteiger partial charge in [-0.1, -0.05) is 0 Å². The van der Waals surface area contributed by atoms with Gasteiger partial charge in [0.1, 0.15) is 23.0 Å². The predicted octanol–water partition coefficient (Wildman–Crippen LogP) is 3.89. The first-order valence-corrected chi connectivity index (χ1v) is 8.15. The van der Waals surface area contributed by atoms with Crippen molar-refractivity contribution < 1.29 is 18.7 Å². The summed E-state index contributed by atoms with van der Waals surface area (Å²) in [6, 6.07) is 7.59. The van der Waals surface area contributed by atoms with Crippen LogP contribution in [0.1, 0.15) is 46.3 Å². The van der Waals surface area contributed by atoms with Crippen LogP contribution >= 0.6 is 0 Å². The van der Waals surface area contributed by atoms with Crippen molar-refractivity contribution in [2.75, 3.05) is 20.8 Å². The normalized spacial score (nSPS) is 17.2. The molecule has 128 valence electrons. The molecule has 2 heterocycles. The zero-order chi connectivity index (χ0) is 17.3. The monoisotopic (exact) mass is 329 g/mol. The molecule has 1 amide bonds. The van der Waals surface area contributed by atoms with E-state index < -0.39 is 0 Å². The number of aryl methyl sites for hydroxylation is 2. The minimum absolute atomic E-state index is 0.00737. The number of rotatable bonds is 4. The van der Waals surface area contributed by atoms with Gasteiger partial charge in [-0.25, -0.2) is 0 Å². The second kappa shape index (κ2) is 6.59. The van der Waals surface area contributed by atoms with Crippen molar-refractivity contribution in [1.82, 2.24) is 4.90 Å². The van der Waals surface area contributed by atoms with Crippen molar-refractivity contribution in [1.29, 1.82) is 0 Å². The number of carbonyl (C=O) groups excluding carboxylic acids is 1. The topological polar surface area (TPSA) is 51.9 Å². The molecule has 1 atom stereocenters. The van der Waals surface area contributed by atoms with Crippen LogP contribution in [0, 0.1) is 13.8 Å². The first-order valence-electron chi connectivity index (χ1n) is 8.15. The summed E-state index contributed by atoms with van der Waals surface area (Å²) in [5.41, 5.74) is 1.66. The van der Waals surface area contributed by atoms with Gasteiger partial charge in [-0.3, -0.25) is 4.79 Å². The zero-order valence-electron chi connectivity index (χ0n) is 14.6. The van der Waals surface area contributed by atoms with Crippen LogP contribution in [0.15, 0.2) is 28.7 Å². The van der Waals surface area contributed by atoms with E-state index in [1.165, 1.54) is 0 Å². The fourth-order valence-corrected chi connectivity index (χ4v) is 3.42. The lowest BCUT2D eigenvalue weighted by Gasteiger charge is -2.26. The summed E-state index contributed by atoms with van der Waals surface area (Å²) in [6.07, 6.45) is 1.89. The van der Waals surface area contributed by atoms with Gasteiger partial charge in [0.05, 0.1) is 25.8 Å². The Bertz CT molecular complexity index is 750. The Morgan fingerprint density at radius 2 is 2.00 bits per heavy atom. The summed E-state index contributed by atoms with van der Waals surface area (Å²) in [5, 5.41) is 0. The quantitative estimate of drug-likeness (QED) is 0.854. The molecule has 1 fully saturated rings. The number of hydrogen-bond acceptors (Lipinski definition) is 4. The van der Waals surface area contributed by atoms with Gasteiger partial charge in [-0.15, -0.1) is 0 Å². The number of furan rings is 1. The maximum Gasteiger partial charge on any atom is 0.257 e. The molecule has 0 spiro atoms. The first-order chi connectivity index (χ1) is 11.5. The van der Waals surface area contributed by atoms with Crippen LogP contribution in [0.5, 0.6) is 11.5 Å². The molecule has 2 aromatic rings. The molecule has 1 saturated heterocycles. The molecule has 1 aliphatic rings. The molecule has 24 heavy (non-hydrogen) atoms. The van der Waals surface area contributed by atoms with Crippen molar-refractivity contribution in [2.24, 2.45) is 0 Å². The molecule has 1 aromatic carbocycles. The Hall–Kier alpha value is -2.43. The predicted molar refractivity (Wildman–Crippen MR) is 90.7 cm³/mol. The second-order valence-electron chi connectivity index (χ2n) is 6.09. The van der Waals surface area contributed by atoms with Crippen molar-refractivity contribution in [3.05, 3.63) is 46.9 Å². The average Bonchev–Trinajstić information content (AvgIpc) is 3.19. The lowest BCUT2D eigenvalue weighted by Crippen LogP contribution is -2.30. The van der Waals surface area contributed by atoms with E-state index in [0.29, 0.717) is 11.3 Å². The molecule has 0 radical (unpaired) electrons. The van der Waals surface area contributed by atoms with Gasteiger partial charge < -0.3 is 18.8 Å². The number of benzene rings is 1. The third kappa shape index (κ3) is 2.86. The van der Waals surface area contributed by atoms with Gasteiger partial charge in [0, 0.05) is 18.2 Å². The van der Waals surface area contributed by atoms with Gasteiger partial charge >= 0.3 is 0 Å². The summed E-state index contributed by atoms with van der Waals surface area (Å²) in [5.74, 6) is 2.94. The summed E-state index contributed by atoms with van der Waals surface area (Å²) in [6.45, 7) is 4.43. The van der Waals surface area contributed by atoms with Crippen molar-refractivity contribution >= 4 is 5.91 Å². The molecule has 5 heteroatoms. The zero-order valence-corrected chi connectivity index (χ0v) is 14.6. The number of likely N-dealkylation sites (tertiary alicyclic amines) is 1. The largest absolute Gasteiger partial charge is 0.497 e. The third-order valence-corrected chi connectivity index (χ3v) is 4.58. The van der Waals surface area contributed by atoms with E-state index in [1.54, 1.807) is 14.2 Å². The SMILES string of the molecule is COc1ccc([C@H]2CCCN2C(=O)c2cc(C)oc2C)c(OC)c1. The number of hydrogen-bond donors (Lipinski definition) is 0. The number of ether oxygens (including phenoxy) is 2.